The van der Waals surface area contributed by atoms with Gasteiger partial charge >= 0.3 is 0 Å². The van der Waals surface area contributed by atoms with Crippen molar-refractivity contribution < 1.29 is 19.1 Å². The molecule has 1 N–H and O–H groups in total. The normalized spacial score (nSPS) is 16.8. The highest BCUT2D eigenvalue weighted by atomic mass is 32.1. The molecule has 0 radical (unpaired) electrons. The van der Waals surface area contributed by atoms with Crippen molar-refractivity contribution in [2.45, 2.75) is 38.3 Å². The van der Waals surface area contributed by atoms with Crippen LogP contribution in [-0.2, 0) is 17.8 Å². The van der Waals surface area contributed by atoms with Gasteiger partial charge in [-0.3, -0.25) is 14.9 Å². The summed E-state index contributed by atoms with van der Waals surface area (Å²) in [4.78, 5) is 31.1. The summed E-state index contributed by atoms with van der Waals surface area (Å²) in [5.74, 6) is 2.83. The van der Waals surface area contributed by atoms with Crippen molar-refractivity contribution >= 4 is 28.3 Å². The molecule has 1 saturated heterocycles. The standard InChI is InChI=1S/C27H26N6O4S/c1-32-12-9-22(26(32)35)37-21-15-18(25(34)29-27-28-10-13-38-27)14-20(16-21)36-19-7-5-17(6-8-19)24-31-30-23-4-2-3-11-33(23)24/h5-8,10,13-16,22H,2-4,9,11-12H2,1H3,(H,28,29,34)/t22-/m0/s1. The van der Waals surface area contributed by atoms with E-state index in [0.717, 1.165) is 43.0 Å². The van der Waals surface area contributed by atoms with Crippen molar-refractivity contribution in [1.29, 1.82) is 0 Å². The number of nitrogens with zero attached hydrogens (tertiary/aromatic N) is 5. The minimum Gasteiger partial charge on any atom is -0.480 e. The number of hydrogen-bond donors (Lipinski definition) is 1. The van der Waals surface area contributed by atoms with Crippen molar-refractivity contribution in [3.8, 4) is 28.6 Å². The second-order valence-electron chi connectivity index (χ2n) is 9.31. The van der Waals surface area contributed by atoms with E-state index in [-0.39, 0.29) is 11.8 Å². The third-order valence-corrected chi connectivity index (χ3v) is 7.35. The molecule has 0 spiro atoms. The fourth-order valence-electron chi connectivity index (χ4n) is 4.68. The third-order valence-electron chi connectivity index (χ3n) is 6.66. The van der Waals surface area contributed by atoms with Gasteiger partial charge in [-0.15, -0.1) is 21.5 Å². The van der Waals surface area contributed by atoms with E-state index in [1.165, 1.54) is 11.3 Å². The molecular weight excluding hydrogens is 504 g/mol. The van der Waals surface area contributed by atoms with E-state index < -0.39 is 6.10 Å². The highest BCUT2D eigenvalue weighted by molar-refractivity contribution is 7.13. The molecule has 1 atom stereocenters. The summed E-state index contributed by atoms with van der Waals surface area (Å²) in [6.07, 6.45) is 4.82. The fourth-order valence-corrected chi connectivity index (χ4v) is 5.20. The van der Waals surface area contributed by atoms with Crippen molar-refractivity contribution in [3.05, 3.63) is 65.4 Å². The Morgan fingerprint density at radius 3 is 2.66 bits per heavy atom. The number of carbonyl (C=O) groups is 2. The lowest BCUT2D eigenvalue weighted by Crippen LogP contribution is -2.29. The van der Waals surface area contributed by atoms with Crippen LogP contribution in [0.15, 0.2) is 54.0 Å². The Morgan fingerprint density at radius 1 is 1.05 bits per heavy atom. The van der Waals surface area contributed by atoms with E-state index in [0.29, 0.717) is 40.9 Å². The summed E-state index contributed by atoms with van der Waals surface area (Å²) in [5, 5.41) is 13.8. The number of thiazole rings is 1. The summed E-state index contributed by atoms with van der Waals surface area (Å²) in [6.45, 7) is 1.55. The van der Waals surface area contributed by atoms with Gasteiger partial charge in [0.2, 0.25) is 0 Å². The molecule has 1 fully saturated rings. The van der Waals surface area contributed by atoms with Crippen LogP contribution < -0.4 is 14.8 Å². The quantitative estimate of drug-likeness (QED) is 0.377. The van der Waals surface area contributed by atoms with Crippen molar-refractivity contribution in [2.75, 3.05) is 18.9 Å². The molecule has 194 valence electrons. The zero-order valence-corrected chi connectivity index (χ0v) is 21.6. The summed E-state index contributed by atoms with van der Waals surface area (Å²) in [6, 6.07) is 12.6. The van der Waals surface area contributed by atoms with Crippen molar-refractivity contribution in [2.24, 2.45) is 0 Å². The molecule has 2 aliphatic rings. The first-order chi connectivity index (χ1) is 18.5. The first-order valence-electron chi connectivity index (χ1n) is 12.5. The summed E-state index contributed by atoms with van der Waals surface area (Å²) in [7, 11) is 1.75. The number of likely N-dealkylation sites (N-methyl/N-ethyl adjacent to an activating group) is 1. The number of anilines is 1. The van der Waals surface area contributed by atoms with Crippen LogP contribution >= 0.6 is 11.3 Å². The van der Waals surface area contributed by atoms with Crippen LogP contribution in [-0.4, -0.2) is 56.2 Å². The van der Waals surface area contributed by atoms with Crippen LogP contribution in [0.3, 0.4) is 0 Å². The van der Waals surface area contributed by atoms with E-state index in [1.54, 1.807) is 41.7 Å². The molecule has 2 amide bonds. The van der Waals surface area contributed by atoms with Gasteiger partial charge < -0.3 is 18.9 Å². The Kier molecular flexibility index (Phi) is 6.50. The topological polar surface area (TPSA) is 111 Å². The van der Waals surface area contributed by atoms with Gasteiger partial charge in [-0.05, 0) is 49.2 Å². The molecule has 0 aliphatic carbocycles. The number of benzene rings is 2. The lowest BCUT2D eigenvalue weighted by Gasteiger charge is -2.16. The van der Waals surface area contributed by atoms with E-state index in [1.807, 2.05) is 24.3 Å². The van der Waals surface area contributed by atoms with Gasteiger partial charge in [-0.1, -0.05) is 0 Å². The number of amides is 2. The van der Waals surface area contributed by atoms with Crippen LogP contribution in [0.5, 0.6) is 17.2 Å². The third kappa shape index (κ3) is 4.97. The Hall–Kier alpha value is -4.25. The molecule has 6 rings (SSSR count). The van der Waals surface area contributed by atoms with Crippen LogP contribution in [0.2, 0.25) is 0 Å². The molecule has 38 heavy (non-hydrogen) atoms. The molecule has 0 unspecified atom stereocenters. The highest BCUT2D eigenvalue weighted by Crippen LogP contribution is 2.31. The second-order valence-corrected chi connectivity index (χ2v) is 10.2. The smallest absolute Gasteiger partial charge is 0.263 e. The molecule has 11 heteroatoms. The zero-order chi connectivity index (χ0) is 26.1. The molecule has 2 aliphatic heterocycles. The molecule has 0 saturated carbocycles. The van der Waals surface area contributed by atoms with Crippen LogP contribution in [0.1, 0.15) is 35.4 Å². The number of ether oxygens (including phenoxy) is 2. The monoisotopic (exact) mass is 530 g/mol. The van der Waals surface area contributed by atoms with Crippen LogP contribution in [0, 0.1) is 0 Å². The number of aryl methyl sites for hydroxylation is 1. The number of hydrogen-bond acceptors (Lipinski definition) is 8. The van der Waals surface area contributed by atoms with Crippen LogP contribution in [0.4, 0.5) is 5.13 Å². The summed E-state index contributed by atoms with van der Waals surface area (Å²) in [5.41, 5.74) is 1.29. The minimum absolute atomic E-state index is 0.0867. The van der Waals surface area contributed by atoms with Gasteiger partial charge in [0.25, 0.3) is 11.8 Å². The van der Waals surface area contributed by atoms with E-state index in [2.05, 4.69) is 25.1 Å². The van der Waals surface area contributed by atoms with Gasteiger partial charge in [0.05, 0.1) is 0 Å². The molecule has 2 aromatic heterocycles. The number of rotatable bonds is 7. The SMILES string of the molecule is CN1CC[C@H](Oc2cc(Oc3ccc(-c4nnc5n4CCCC5)cc3)cc(C(=O)Nc3nccs3)c2)C1=O. The van der Waals surface area contributed by atoms with Gasteiger partial charge in [-0.2, -0.15) is 0 Å². The second kappa shape index (κ2) is 10.3. The predicted molar refractivity (Wildman–Crippen MR) is 142 cm³/mol. The summed E-state index contributed by atoms with van der Waals surface area (Å²) < 4.78 is 14.3. The maximum atomic E-state index is 13.0. The highest BCUT2D eigenvalue weighted by Gasteiger charge is 2.31. The first-order valence-corrected chi connectivity index (χ1v) is 13.4. The van der Waals surface area contributed by atoms with E-state index in [9.17, 15) is 9.59 Å². The Labute approximate surface area is 223 Å². The Balaban J connectivity index is 1.25. The van der Waals surface area contributed by atoms with E-state index in [4.69, 9.17) is 9.47 Å². The number of aromatic nitrogens is 4. The lowest BCUT2D eigenvalue weighted by molar-refractivity contribution is -0.132. The first kappa shape index (κ1) is 24.1. The molecule has 2 aromatic carbocycles. The molecule has 4 aromatic rings. The zero-order valence-electron chi connectivity index (χ0n) is 20.8. The Bertz CT molecular complexity index is 1470. The predicted octanol–water partition coefficient (Wildman–Crippen LogP) is 4.39. The lowest BCUT2D eigenvalue weighted by atomic mass is 10.1. The van der Waals surface area contributed by atoms with E-state index >= 15 is 0 Å². The van der Waals surface area contributed by atoms with Gasteiger partial charge in [-0.25, -0.2) is 4.98 Å². The molecule has 10 nitrogen and oxygen atoms in total. The Morgan fingerprint density at radius 2 is 1.89 bits per heavy atom. The van der Waals surface area contributed by atoms with Crippen LogP contribution in [0.25, 0.3) is 11.4 Å². The van der Waals surface area contributed by atoms with Gasteiger partial charge in [0.15, 0.2) is 17.1 Å². The maximum absolute atomic E-state index is 13.0. The fraction of sp³-hybridized carbons (Fsp3) is 0.296. The molecule has 4 heterocycles. The summed E-state index contributed by atoms with van der Waals surface area (Å²) >= 11 is 1.33. The maximum Gasteiger partial charge on any atom is 0.263 e. The number of nitrogens with one attached hydrogen (secondary N) is 1. The number of fused-ring (bicyclic) bond motifs is 1. The molecule has 0 bridgehead atoms. The minimum atomic E-state index is -0.599. The van der Waals surface area contributed by atoms with Gasteiger partial charge in [0, 0.05) is 61.7 Å². The van der Waals surface area contributed by atoms with Crippen molar-refractivity contribution in [3.63, 3.8) is 0 Å². The largest absolute Gasteiger partial charge is 0.480 e. The number of likely N-dealkylation sites (tertiary alicyclic amines) is 1. The van der Waals surface area contributed by atoms with Crippen molar-refractivity contribution in [1.82, 2.24) is 24.6 Å². The van der Waals surface area contributed by atoms with Gasteiger partial charge in [0.1, 0.15) is 23.1 Å². The average molecular weight is 531 g/mol. The molecular formula is C27H26N6O4S. The average Bonchev–Trinajstić information content (AvgIpc) is 3.67. The number of carbonyl (C=O) groups excluding carboxylic acids is 2.